The van der Waals surface area contributed by atoms with Crippen molar-refractivity contribution >= 4 is 27.6 Å². The lowest BCUT2D eigenvalue weighted by Crippen LogP contribution is -2.34. The van der Waals surface area contributed by atoms with Gasteiger partial charge >= 0.3 is 5.97 Å². The lowest BCUT2D eigenvalue weighted by atomic mass is 10.1. The van der Waals surface area contributed by atoms with Crippen LogP contribution < -0.4 is 10.0 Å². The number of esters is 1. The second-order valence-corrected chi connectivity index (χ2v) is 9.28. The van der Waals surface area contributed by atoms with Crippen molar-refractivity contribution in [2.45, 2.75) is 37.9 Å². The standard InChI is InChI=1S/C21H26N2O7S/c1-21(2,3)30-19(24)13-22-31(26,27)18-11-9-17(10-12-18)23-20(25)16-7-5-15(6-8-16)14-29-28-4/h5-12,22H,13-14H2,1-4H3,(H,23,25). The smallest absolute Gasteiger partial charge is 0.321 e. The molecule has 9 nitrogen and oxygen atoms in total. The molecule has 0 atom stereocenters. The van der Waals surface area contributed by atoms with Crippen molar-refractivity contribution in [3.63, 3.8) is 0 Å². The summed E-state index contributed by atoms with van der Waals surface area (Å²) in [4.78, 5) is 33.4. The summed E-state index contributed by atoms with van der Waals surface area (Å²) in [6, 6.07) is 12.3. The lowest BCUT2D eigenvalue weighted by Gasteiger charge is -2.19. The number of ether oxygens (including phenoxy) is 1. The predicted molar refractivity (Wildman–Crippen MR) is 114 cm³/mol. The normalized spacial score (nSPS) is 11.7. The highest BCUT2D eigenvalue weighted by molar-refractivity contribution is 7.89. The van der Waals surface area contributed by atoms with E-state index < -0.39 is 28.1 Å². The van der Waals surface area contributed by atoms with Crippen LogP contribution in [0.3, 0.4) is 0 Å². The van der Waals surface area contributed by atoms with Gasteiger partial charge in [0.05, 0.1) is 12.0 Å². The van der Waals surface area contributed by atoms with Crippen molar-refractivity contribution < 1.29 is 32.5 Å². The van der Waals surface area contributed by atoms with Crippen molar-refractivity contribution in [1.29, 1.82) is 0 Å². The molecule has 0 unspecified atom stereocenters. The summed E-state index contributed by atoms with van der Waals surface area (Å²) in [5.41, 5.74) is 0.979. The van der Waals surface area contributed by atoms with Crippen LogP contribution in [0.1, 0.15) is 36.7 Å². The third-order valence-corrected chi connectivity index (χ3v) is 5.23. The Morgan fingerprint density at radius 2 is 1.58 bits per heavy atom. The number of amides is 1. The van der Waals surface area contributed by atoms with Crippen LogP contribution >= 0.6 is 0 Å². The summed E-state index contributed by atoms with van der Waals surface area (Å²) < 4.78 is 31.9. The summed E-state index contributed by atoms with van der Waals surface area (Å²) in [6.07, 6.45) is 0. The van der Waals surface area contributed by atoms with Crippen LogP contribution in [0.25, 0.3) is 0 Å². The van der Waals surface area contributed by atoms with E-state index in [4.69, 9.17) is 9.62 Å². The van der Waals surface area contributed by atoms with E-state index in [1.165, 1.54) is 31.4 Å². The summed E-state index contributed by atoms with van der Waals surface area (Å²) >= 11 is 0. The van der Waals surface area contributed by atoms with E-state index in [2.05, 4.69) is 14.9 Å². The van der Waals surface area contributed by atoms with E-state index in [1.807, 2.05) is 0 Å². The van der Waals surface area contributed by atoms with Crippen molar-refractivity contribution in [3.8, 4) is 0 Å². The molecule has 1 amide bonds. The fourth-order valence-corrected chi connectivity index (χ4v) is 3.38. The third kappa shape index (κ3) is 8.10. The molecule has 0 aromatic heterocycles. The molecule has 2 rings (SSSR count). The zero-order valence-corrected chi connectivity index (χ0v) is 18.6. The molecule has 0 bridgehead atoms. The number of nitrogens with one attached hydrogen (secondary N) is 2. The number of sulfonamides is 1. The van der Waals surface area contributed by atoms with Crippen LogP contribution in [-0.2, 0) is 35.9 Å². The maximum atomic E-state index is 12.4. The Balaban J connectivity index is 1.96. The molecule has 0 aliphatic rings. The first kappa shape index (κ1) is 24.5. The molecule has 0 saturated heterocycles. The molecule has 0 saturated carbocycles. The van der Waals surface area contributed by atoms with Crippen molar-refractivity contribution in [3.05, 3.63) is 59.7 Å². The first-order chi connectivity index (χ1) is 14.5. The topological polar surface area (TPSA) is 120 Å². The van der Waals surface area contributed by atoms with Gasteiger partial charge in [0.15, 0.2) is 0 Å². The van der Waals surface area contributed by atoms with Crippen LogP contribution in [0, 0.1) is 0 Å². The Bertz CT molecular complexity index is 996. The maximum Gasteiger partial charge on any atom is 0.321 e. The summed E-state index contributed by atoms with van der Waals surface area (Å²) in [5.74, 6) is -1.03. The molecule has 2 N–H and O–H groups in total. The Morgan fingerprint density at radius 3 is 2.13 bits per heavy atom. The SMILES string of the molecule is COOCc1ccc(C(=O)Nc2ccc(S(=O)(=O)NCC(=O)OC(C)(C)C)cc2)cc1. The van der Waals surface area contributed by atoms with Gasteiger partial charge < -0.3 is 10.1 Å². The number of anilines is 1. The molecule has 0 aliphatic heterocycles. The van der Waals surface area contributed by atoms with E-state index in [9.17, 15) is 18.0 Å². The highest BCUT2D eigenvalue weighted by Crippen LogP contribution is 2.16. The van der Waals surface area contributed by atoms with Crippen LogP contribution in [0.5, 0.6) is 0 Å². The fraction of sp³-hybridized carbons (Fsp3) is 0.333. The third-order valence-electron chi connectivity index (χ3n) is 3.81. The van der Waals surface area contributed by atoms with Crippen LogP contribution in [0.4, 0.5) is 5.69 Å². The minimum absolute atomic E-state index is 0.0449. The molecule has 0 spiro atoms. The number of hydrogen-bond acceptors (Lipinski definition) is 7. The Hall–Kier alpha value is -2.79. The number of carbonyl (C=O) groups excluding carboxylic acids is 2. The van der Waals surface area contributed by atoms with Crippen molar-refractivity contribution in [2.75, 3.05) is 19.0 Å². The number of rotatable bonds is 9. The van der Waals surface area contributed by atoms with Gasteiger partial charge in [0.2, 0.25) is 10.0 Å². The fourth-order valence-electron chi connectivity index (χ4n) is 2.41. The first-order valence-corrected chi connectivity index (χ1v) is 10.9. The van der Waals surface area contributed by atoms with Crippen LogP contribution in [0.15, 0.2) is 53.4 Å². The molecule has 10 heteroatoms. The number of benzene rings is 2. The molecule has 31 heavy (non-hydrogen) atoms. The van der Waals surface area contributed by atoms with Gasteiger partial charge in [-0.2, -0.15) is 4.72 Å². The van der Waals surface area contributed by atoms with Crippen LogP contribution in [0.2, 0.25) is 0 Å². The summed E-state index contributed by atoms with van der Waals surface area (Å²) in [5, 5.41) is 2.69. The van der Waals surface area contributed by atoms with E-state index in [1.54, 1.807) is 45.0 Å². The van der Waals surface area contributed by atoms with Gasteiger partial charge in [-0.1, -0.05) is 12.1 Å². The monoisotopic (exact) mass is 450 g/mol. The lowest BCUT2D eigenvalue weighted by molar-refractivity contribution is -0.282. The maximum absolute atomic E-state index is 12.4. The Morgan fingerprint density at radius 1 is 0.968 bits per heavy atom. The van der Waals surface area contributed by atoms with Crippen molar-refractivity contribution in [2.24, 2.45) is 0 Å². The van der Waals surface area contributed by atoms with E-state index in [-0.39, 0.29) is 17.4 Å². The molecule has 0 radical (unpaired) electrons. The number of carbonyl (C=O) groups is 2. The molecule has 2 aromatic carbocycles. The number of hydrogen-bond donors (Lipinski definition) is 2. The van der Waals surface area contributed by atoms with Crippen molar-refractivity contribution in [1.82, 2.24) is 4.72 Å². The molecule has 0 aliphatic carbocycles. The molecule has 0 fully saturated rings. The second kappa shape index (κ2) is 10.5. The minimum atomic E-state index is -3.91. The molecule has 0 heterocycles. The average molecular weight is 451 g/mol. The summed E-state index contributed by atoms with van der Waals surface area (Å²) in [7, 11) is -2.49. The van der Waals surface area contributed by atoms with E-state index in [0.717, 1.165) is 5.56 Å². The first-order valence-electron chi connectivity index (χ1n) is 9.38. The van der Waals surface area contributed by atoms with E-state index >= 15 is 0 Å². The zero-order valence-electron chi connectivity index (χ0n) is 17.8. The quantitative estimate of drug-likeness (QED) is 0.342. The van der Waals surface area contributed by atoms with Gasteiger partial charge in [0.25, 0.3) is 5.91 Å². The van der Waals surface area contributed by atoms with Gasteiger partial charge in [-0.3, -0.25) is 9.59 Å². The van der Waals surface area contributed by atoms with Gasteiger partial charge in [-0.15, -0.1) is 0 Å². The molecule has 2 aromatic rings. The predicted octanol–water partition coefficient (Wildman–Crippen LogP) is 2.64. The highest BCUT2D eigenvalue weighted by atomic mass is 32.2. The summed E-state index contributed by atoms with van der Waals surface area (Å²) in [6.45, 7) is 4.85. The Labute approximate surface area is 181 Å². The molecule has 168 valence electrons. The van der Waals surface area contributed by atoms with Gasteiger partial charge in [-0.05, 0) is 62.7 Å². The van der Waals surface area contributed by atoms with Gasteiger partial charge in [0.1, 0.15) is 18.8 Å². The zero-order chi connectivity index (χ0) is 23.1. The minimum Gasteiger partial charge on any atom is -0.459 e. The average Bonchev–Trinajstić information content (AvgIpc) is 2.70. The van der Waals surface area contributed by atoms with Gasteiger partial charge in [0, 0.05) is 11.3 Å². The molecular weight excluding hydrogens is 424 g/mol. The van der Waals surface area contributed by atoms with Crippen LogP contribution in [-0.4, -0.2) is 39.5 Å². The second-order valence-electron chi connectivity index (χ2n) is 7.52. The largest absolute Gasteiger partial charge is 0.459 e. The highest BCUT2D eigenvalue weighted by Gasteiger charge is 2.20. The molecular formula is C21H26N2O7S. The van der Waals surface area contributed by atoms with Gasteiger partial charge in [-0.25, -0.2) is 18.2 Å². The Kier molecular flexibility index (Phi) is 8.28. The van der Waals surface area contributed by atoms with E-state index in [0.29, 0.717) is 11.3 Å².